The fourth-order valence-electron chi connectivity index (χ4n) is 2.34. The normalized spacial score (nSPS) is 18.8. The van der Waals surface area contributed by atoms with Crippen molar-refractivity contribution < 1.29 is 14.3 Å². The summed E-state index contributed by atoms with van der Waals surface area (Å²) in [6, 6.07) is 7.85. The molecule has 0 aliphatic carbocycles. The van der Waals surface area contributed by atoms with Gasteiger partial charge in [0.1, 0.15) is 11.9 Å². The zero-order valence-electron chi connectivity index (χ0n) is 12.7. The average molecular weight is 292 g/mol. The van der Waals surface area contributed by atoms with Gasteiger partial charge in [-0.15, -0.1) is 0 Å². The highest BCUT2D eigenvalue weighted by Crippen LogP contribution is 2.18. The van der Waals surface area contributed by atoms with Gasteiger partial charge in [-0.3, -0.25) is 4.79 Å². The van der Waals surface area contributed by atoms with Crippen LogP contribution in [0.1, 0.15) is 25.3 Å². The molecule has 0 radical (unpaired) electrons. The zero-order chi connectivity index (χ0) is 15.3. The van der Waals surface area contributed by atoms with E-state index in [4.69, 9.17) is 15.2 Å². The van der Waals surface area contributed by atoms with Crippen LogP contribution >= 0.6 is 0 Å². The summed E-state index contributed by atoms with van der Waals surface area (Å²) in [5.41, 5.74) is 6.47. The van der Waals surface area contributed by atoms with Crippen molar-refractivity contribution in [3.8, 4) is 5.75 Å². The average Bonchev–Trinajstić information content (AvgIpc) is 2.45. The maximum Gasteiger partial charge on any atom is 0.240 e. The third-order valence-electron chi connectivity index (χ3n) is 3.71. The number of amides is 1. The molecule has 116 valence electrons. The number of benzene rings is 1. The van der Waals surface area contributed by atoms with Gasteiger partial charge in [0.05, 0.1) is 12.1 Å². The summed E-state index contributed by atoms with van der Waals surface area (Å²) in [5, 5.41) is 2.88. The maximum absolute atomic E-state index is 12.2. The second kappa shape index (κ2) is 6.91. The van der Waals surface area contributed by atoms with Crippen LogP contribution in [-0.4, -0.2) is 37.3 Å². The minimum atomic E-state index is -0.804. The Bertz CT molecular complexity index is 484. The highest BCUT2D eigenvalue weighted by Gasteiger charge is 2.35. The van der Waals surface area contributed by atoms with Gasteiger partial charge in [-0.2, -0.15) is 0 Å². The first-order chi connectivity index (χ1) is 9.99. The molecule has 0 spiro atoms. The summed E-state index contributed by atoms with van der Waals surface area (Å²) in [6.07, 6.45) is 1.01. The number of carbonyl (C=O) groups is 1. The molecule has 1 unspecified atom stereocenters. The van der Waals surface area contributed by atoms with E-state index in [1.165, 1.54) is 0 Å². The van der Waals surface area contributed by atoms with E-state index in [0.29, 0.717) is 32.6 Å². The Labute approximate surface area is 125 Å². The molecular formula is C16H24N2O3. The van der Waals surface area contributed by atoms with Crippen molar-refractivity contribution in [2.24, 2.45) is 5.73 Å². The minimum Gasteiger partial charge on any atom is -0.489 e. The molecule has 1 aromatic rings. The first-order valence-corrected chi connectivity index (χ1v) is 7.38. The lowest BCUT2D eigenvalue weighted by atomic mass is 9.90. The van der Waals surface area contributed by atoms with E-state index in [1.54, 1.807) is 0 Å². The first kappa shape index (κ1) is 15.8. The van der Waals surface area contributed by atoms with Crippen molar-refractivity contribution in [3.05, 3.63) is 29.8 Å². The number of ether oxygens (including phenoxy) is 2. The molecule has 1 aliphatic rings. The van der Waals surface area contributed by atoms with Crippen molar-refractivity contribution >= 4 is 5.91 Å². The van der Waals surface area contributed by atoms with Crippen LogP contribution in [0.15, 0.2) is 24.3 Å². The Balaban J connectivity index is 1.80. The fourth-order valence-corrected chi connectivity index (χ4v) is 2.34. The molecule has 0 aromatic heterocycles. The number of aryl methyl sites for hydroxylation is 1. The number of nitrogens with two attached hydrogens (primary N) is 1. The maximum atomic E-state index is 12.2. The van der Waals surface area contributed by atoms with Gasteiger partial charge in [0.2, 0.25) is 5.91 Å². The van der Waals surface area contributed by atoms with Crippen molar-refractivity contribution in [1.82, 2.24) is 5.32 Å². The zero-order valence-corrected chi connectivity index (χ0v) is 12.7. The summed E-state index contributed by atoms with van der Waals surface area (Å²) in [4.78, 5) is 12.2. The highest BCUT2D eigenvalue weighted by molar-refractivity contribution is 5.86. The van der Waals surface area contributed by atoms with Crippen LogP contribution in [0.2, 0.25) is 0 Å². The lowest BCUT2D eigenvalue weighted by molar-refractivity contribution is -0.130. The molecule has 1 saturated heterocycles. The Kier molecular flexibility index (Phi) is 5.20. The molecule has 0 bridgehead atoms. The Morgan fingerprint density at radius 1 is 1.48 bits per heavy atom. The predicted molar refractivity (Wildman–Crippen MR) is 81.3 cm³/mol. The van der Waals surface area contributed by atoms with Gasteiger partial charge >= 0.3 is 0 Å². The molecule has 5 heteroatoms. The van der Waals surface area contributed by atoms with Crippen LogP contribution in [0.25, 0.3) is 0 Å². The van der Waals surface area contributed by atoms with E-state index in [2.05, 4.69) is 5.32 Å². The summed E-state index contributed by atoms with van der Waals surface area (Å²) >= 11 is 0. The number of hydrogen-bond donors (Lipinski definition) is 2. The van der Waals surface area contributed by atoms with Gasteiger partial charge in [0.15, 0.2) is 0 Å². The molecule has 1 fully saturated rings. The summed E-state index contributed by atoms with van der Waals surface area (Å²) in [7, 11) is 0. The molecule has 1 amide bonds. The van der Waals surface area contributed by atoms with E-state index >= 15 is 0 Å². The van der Waals surface area contributed by atoms with Crippen LogP contribution in [-0.2, 0) is 9.53 Å². The van der Waals surface area contributed by atoms with E-state index in [1.807, 2.05) is 38.1 Å². The van der Waals surface area contributed by atoms with E-state index in [9.17, 15) is 4.79 Å². The lowest BCUT2D eigenvalue weighted by Gasteiger charge is -2.32. The molecule has 21 heavy (non-hydrogen) atoms. The van der Waals surface area contributed by atoms with Gasteiger partial charge in [0, 0.05) is 13.2 Å². The number of carbonyl (C=O) groups excluding carboxylic acids is 1. The SMILES string of the molecule is Cc1cccc(OC(C)CNC(=O)C2(N)CCOCC2)c1. The van der Waals surface area contributed by atoms with Crippen LogP contribution in [0.5, 0.6) is 5.75 Å². The molecule has 5 nitrogen and oxygen atoms in total. The number of hydrogen-bond acceptors (Lipinski definition) is 4. The van der Waals surface area contributed by atoms with Crippen LogP contribution < -0.4 is 15.8 Å². The molecule has 2 rings (SSSR count). The predicted octanol–water partition coefficient (Wildman–Crippen LogP) is 1.39. The minimum absolute atomic E-state index is 0.112. The third-order valence-corrected chi connectivity index (χ3v) is 3.71. The highest BCUT2D eigenvalue weighted by atomic mass is 16.5. The Morgan fingerprint density at radius 3 is 2.86 bits per heavy atom. The molecule has 1 heterocycles. The second-order valence-corrected chi connectivity index (χ2v) is 5.72. The molecule has 1 aromatic carbocycles. The van der Waals surface area contributed by atoms with E-state index < -0.39 is 5.54 Å². The fraction of sp³-hybridized carbons (Fsp3) is 0.562. The van der Waals surface area contributed by atoms with Crippen molar-refractivity contribution in [2.75, 3.05) is 19.8 Å². The van der Waals surface area contributed by atoms with Gasteiger partial charge < -0.3 is 20.5 Å². The van der Waals surface area contributed by atoms with Gasteiger partial charge in [-0.05, 0) is 44.4 Å². The third kappa shape index (κ3) is 4.44. The smallest absolute Gasteiger partial charge is 0.240 e. The Morgan fingerprint density at radius 2 is 2.19 bits per heavy atom. The summed E-state index contributed by atoms with van der Waals surface area (Å²) in [6.45, 7) is 5.46. The second-order valence-electron chi connectivity index (χ2n) is 5.72. The van der Waals surface area contributed by atoms with Gasteiger partial charge in [0.25, 0.3) is 0 Å². The van der Waals surface area contributed by atoms with Gasteiger partial charge in [-0.25, -0.2) is 0 Å². The quantitative estimate of drug-likeness (QED) is 0.860. The van der Waals surface area contributed by atoms with Crippen LogP contribution in [0.3, 0.4) is 0 Å². The monoisotopic (exact) mass is 292 g/mol. The topological polar surface area (TPSA) is 73.6 Å². The summed E-state index contributed by atoms with van der Waals surface area (Å²) < 4.78 is 11.0. The Hall–Kier alpha value is -1.59. The van der Waals surface area contributed by atoms with Crippen LogP contribution in [0, 0.1) is 6.92 Å². The first-order valence-electron chi connectivity index (χ1n) is 7.38. The van der Waals surface area contributed by atoms with Crippen molar-refractivity contribution in [1.29, 1.82) is 0 Å². The van der Waals surface area contributed by atoms with Gasteiger partial charge in [-0.1, -0.05) is 12.1 Å². The lowest BCUT2D eigenvalue weighted by Crippen LogP contribution is -2.57. The number of nitrogens with one attached hydrogen (secondary N) is 1. The molecule has 3 N–H and O–H groups in total. The molecular weight excluding hydrogens is 268 g/mol. The molecule has 1 aliphatic heterocycles. The molecule has 0 saturated carbocycles. The van der Waals surface area contributed by atoms with Crippen LogP contribution in [0.4, 0.5) is 0 Å². The van der Waals surface area contributed by atoms with E-state index in [-0.39, 0.29) is 12.0 Å². The standard InChI is InChI=1S/C16H24N2O3/c1-12-4-3-5-14(10-12)21-13(2)11-18-15(19)16(17)6-8-20-9-7-16/h3-5,10,13H,6-9,11,17H2,1-2H3,(H,18,19). The van der Waals surface area contributed by atoms with Crippen molar-refractivity contribution in [3.63, 3.8) is 0 Å². The number of rotatable bonds is 5. The molecule has 1 atom stereocenters. The van der Waals surface area contributed by atoms with Crippen molar-refractivity contribution in [2.45, 2.75) is 38.3 Å². The summed E-state index contributed by atoms with van der Waals surface area (Å²) in [5.74, 6) is 0.691. The largest absolute Gasteiger partial charge is 0.489 e. The van der Waals surface area contributed by atoms with E-state index in [0.717, 1.165) is 11.3 Å².